The maximum atomic E-state index is 13.2. The van der Waals surface area contributed by atoms with E-state index in [-0.39, 0.29) is 17.7 Å². The highest BCUT2D eigenvalue weighted by Gasteiger charge is 2.38. The van der Waals surface area contributed by atoms with Crippen molar-refractivity contribution in [2.75, 3.05) is 50.8 Å². The summed E-state index contributed by atoms with van der Waals surface area (Å²) in [5.41, 5.74) is 2.18. The number of anilines is 1. The molecule has 0 spiro atoms. The number of para-hydroxylation sites is 1. The molecule has 0 radical (unpaired) electrons. The Hall–Kier alpha value is -1.92. The van der Waals surface area contributed by atoms with Crippen LogP contribution in [0.2, 0.25) is 0 Å². The minimum Gasteiger partial charge on any atom is -0.377 e. The summed E-state index contributed by atoms with van der Waals surface area (Å²) >= 11 is 0. The van der Waals surface area contributed by atoms with E-state index in [4.69, 9.17) is 4.74 Å². The molecule has 6 heteroatoms. The number of piperazine rings is 1. The van der Waals surface area contributed by atoms with Crippen molar-refractivity contribution in [2.45, 2.75) is 51.6 Å². The zero-order valence-corrected chi connectivity index (χ0v) is 18.4. The van der Waals surface area contributed by atoms with Crippen LogP contribution in [0.1, 0.15) is 51.0 Å². The molecule has 3 unspecified atom stereocenters. The first-order valence-electron chi connectivity index (χ1n) is 11.6. The first kappa shape index (κ1) is 21.3. The highest BCUT2D eigenvalue weighted by molar-refractivity contribution is 6.01. The Balaban J connectivity index is 1.35. The van der Waals surface area contributed by atoms with Gasteiger partial charge in [0, 0.05) is 58.0 Å². The number of amides is 2. The standard InChI is InChI=1S/C24H35N3O3/c1-3-18(2)21-8-4-5-9-22(21)27-16-19(15-23(27)28)24(29)26-12-10-25(11-13-26)17-20-7-6-14-30-20/h4-5,8-9,18-20H,3,6-7,10-17H2,1-2H3. The van der Waals surface area contributed by atoms with Crippen molar-refractivity contribution < 1.29 is 14.3 Å². The third-order valence-electron chi connectivity index (χ3n) is 7.01. The van der Waals surface area contributed by atoms with E-state index in [1.807, 2.05) is 28.0 Å². The van der Waals surface area contributed by atoms with Gasteiger partial charge in [0.05, 0.1) is 12.0 Å². The quantitative estimate of drug-likeness (QED) is 0.720. The Kier molecular flexibility index (Phi) is 6.74. The Labute approximate surface area is 180 Å². The molecule has 4 rings (SSSR count). The van der Waals surface area contributed by atoms with Crippen LogP contribution in [-0.4, -0.2) is 73.6 Å². The molecule has 0 aliphatic carbocycles. The lowest BCUT2D eigenvalue weighted by Gasteiger charge is -2.36. The number of hydrogen-bond donors (Lipinski definition) is 0. The van der Waals surface area contributed by atoms with E-state index in [9.17, 15) is 9.59 Å². The molecule has 3 aliphatic rings. The molecule has 0 bridgehead atoms. The Bertz CT molecular complexity index is 754. The fourth-order valence-electron chi connectivity index (χ4n) is 4.96. The van der Waals surface area contributed by atoms with Crippen LogP contribution >= 0.6 is 0 Å². The third-order valence-corrected chi connectivity index (χ3v) is 7.01. The number of carbonyl (C=O) groups excluding carboxylic acids is 2. The van der Waals surface area contributed by atoms with Crippen LogP contribution in [0.5, 0.6) is 0 Å². The summed E-state index contributed by atoms with van der Waals surface area (Å²) in [5.74, 6) is 0.373. The second-order valence-corrected chi connectivity index (χ2v) is 9.03. The van der Waals surface area contributed by atoms with Gasteiger partial charge in [0.1, 0.15) is 0 Å². The van der Waals surface area contributed by atoms with Crippen LogP contribution in [0.3, 0.4) is 0 Å². The third kappa shape index (κ3) is 4.54. The molecule has 3 saturated heterocycles. The summed E-state index contributed by atoms with van der Waals surface area (Å²) in [6, 6.07) is 8.15. The molecule has 1 aromatic rings. The molecule has 3 aliphatic heterocycles. The summed E-state index contributed by atoms with van der Waals surface area (Å²) in [6.07, 6.45) is 4.02. The van der Waals surface area contributed by atoms with E-state index in [1.165, 1.54) is 5.56 Å². The second kappa shape index (κ2) is 9.48. The van der Waals surface area contributed by atoms with E-state index in [0.29, 0.717) is 25.0 Å². The topological polar surface area (TPSA) is 53.1 Å². The zero-order valence-electron chi connectivity index (χ0n) is 18.4. The lowest BCUT2D eigenvalue weighted by Crippen LogP contribution is -2.52. The summed E-state index contributed by atoms with van der Waals surface area (Å²) in [7, 11) is 0. The van der Waals surface area contributed by atoms with Gasteiger partial charge in [-0.15, -0.1) is 0 Å². The largest absolute Gasteiger partial charge is 0.377 e. The molecular formula is C24H35N3O3. The number of rotatable bonds is 6. The lowest BCUT2D eigenvalue weighted by atomic mass is 9.96. The Morgan fingerprint density at radius 2 is 1.97 bits per heavy atom. The molecule has 0 aromatic heterocycles. The number of carbonyl (C=O) groups is 2. The summed E-state index contributed by atoms with van der Waals surface area (Å²) < 4.78 is 5.75. The van der Waals surface area contributed by atoms with Gasteiger partial charge in [0.15, 0.2) is 0 Å². The van der Waals surface area contributed by atoms with Crippen molar-refractivity contribution >= 4 is 17.5 Å². The molecule has 30 heavy (non-hydrogen) atoms. The molecule has 3 fully saturated rings. The van der Waals surface area contributed by atoms with Crippen molar-refractivity contribution in [2.24, 2.45) is 5.92 Å². The van der Waals surface area contributed by atoms with Crippen molar-refractivity contribution in [1.82, 2.24) is 9.80 Å². The molecule has 3 heterocycles. The number of ether oxygens (including phenoxy) is 1. The SMILES string of the molecule is CCC(C)c1ccccc1N1CC(C(=O)N2CCN(CC3CCCO3)CC2)CC1=O. The maximum Gasteiger partial charge on any atom is 0.228 e. The number of nitrogens with zero attached hydrogens (tertiary/aromatic N) is 3. The van der Waals surface area contributed by atoms with Crippen molar-refractivity contribution in [3.63, 3.8) is 0 Å². The highest BCUT2D eigenvalue weighted by Crippen LogP contribution is 2.34. The van der Waals surface area contributed by atoms with Crippen LogP contribution < -0.4 is 4.90 Å². The first-order valence-corrected chi connectivity index (χ1v) is 11.6. The predicted octanol–water partition coefficient (Wildman–Crippen LogP) is 2.88. The van der Waals surface area contributed by atoms with Crippen LogP contribution in [0.15, 0.2) is 24.3 Å². The van der Waals surface area contributed by atoms with Gasteiger partial charge < -0.3 is 14.5 Å². The summed E-state index contributed by atoms with van der Waals surface area (Å²) in [4.78, 5) is 32.2. The van der Waals surface area contributed by atoms with Gasteiger partial charge in [-0.3, -0.25) is 14.5 Å². The van der Waals surface area contributed by atoms with Crippen molar-refractivity contribution in [3.8, 4) is 0 Å². The summed E-state index contributed by atoms with van der Waals surface area (Å²) in [6.45, 7) is 10.0. The highest BCUT2D eigenvalue weighted by atomic mass is 16.5. The van der Waals surface area contributed by atoms with Crippen LogP contribution in [0.25, 0.3) is 0 Å². The Morgan fingerprint density at radius 1 is 1.20 bits per heavy atom. The van der Waals surface area contributed by atoms with Crippen LogP contribution in [-0.2, 0) is 14.3 Å². The average molecular weight is 414 g/mol. The zero-order chi connectivity index (χ0) is 21.1. The van der Waals surface area contributed by atoms with Gasteiger partial charge in [-0.1, -0.05) is 32.0 Å². The molecule has 164 valence electrons. The molecule has 1 aromatic carbocycles. The van der Waals surface area contributed by atoms with E-state index in [2.05, 4.69) is 24.8 Å². The monoisotopic (exact) mass is 413 g/mol. The Morgan fingerprint density at radius 3 is 2.67 bits per heavy atom. The minimum absolute atomic E-state index is 0.0705. The van der Waals surface area contributed by atoms with E-state index >= 15 is 0 Å². The smallest absolute Gasteiger partial charge is 0.228 e. The van der Waals surface area contributed by atoms with E-state index < -0.39 is 0 Å². The van der Waals surface area contributed by atoms with Crippen molar-refractivity contribution in [1.29, 1.82) is 0 Å². The number of benzene rings is 1. The normalized spacial score (nSPS) is 26.4. The van der Waals surface area contributed by atoms with Crippen LogP contribution in [0.4, 0.5) is 5.69 Å². The van der Waals surface area contributed by atoms with Gasteiger partial charge in [-0.25, -0.2) is 0 Å². The van der Waals surface area contributed by atoms with Gasteiger partial charge in [-0.05, 0) is 36.8 Å². The fourth-order valence-corrected chi connectivity index (χ4v) is 4.96. The predicted molar refractivity (Wildman–Crippen MR) is 118 cm³/mol. The lowest BCUT2D eigenvalue weighted by molar-refractivity contribution is -0.137. The fraction of sp³-hybridized carbons (Fsp3) is 0.667. The number of hydrogen-bond acceptors (Lipinski definition) is 4. The molecular weight excluding hydrogens is 378 g/mol. The van der Waals surface area contributed by atoms with Gasteiger partial charge in [-0.2, -0.15) is 0 Å². The van der Waals surface area contributed by atoms with Gasteiger partial charge in [0.2, 0.25) is 11.8 Å². The minimum atomic E-state index is -0.229. The van der Waals surface area contributed by atoms with Crippen LogP contribution in [0, 0.1) is 5.92 Å². The van der Waals surface area contributed by atoms with E-state index in [1.54, 1.807) is 0 Å². The molecule has 2 amide bonds. The summed E-state index contributed by atoms with van der Waals surface area (Å²) in [5, 5.41) is 0. The van der Waals surface area contributed by atoms with E-state index in [0.717, 1.165) is 64.3 Å². The molecule has 3 atom stereocenters. The van der Waals surface area contributed by atoms with Crippen molar-refractivity contribution in [3.05, 3.63) is 29.8 Å². The average Bonchev–Trinajstić information content (AvgIpc) is 3.43. The molecule has 0 N–H and O–H groups in total. The molecule has 6 nitrogen and oxygen atoms in total. The maximum absolute atomic E-state index is 13.2. The molecule has 0 saturated carbocycles. The van der Waals surface area contributed by atoms with Gasteiger partial charge >= 0.3 is 0 Å². The first-order chi connectivity index (χ1) is 14.6. The van der Waals surface area contributed by atoms with Gasteiger partial charge in [0.25, 0.3) is 0 Å². The second-order valence-electron chi connectivity index (χ2n) is 9.03.